The van der Waals surface area contributed by atoms with Crippen LogP contribution in [0.1, 0.15) is 5.82 Å². The lowest BCUT2D eigenvalue weighted by atomic mass is 10.1. The third-order valence-corrected chi connectivity index (χ3v) is 2.78. The number of imidazole rings is 1. The summed E-state index contributed by atoms with van der Waals surface area (Å²) in [4.78, 5) is 8.55. The maximum absolute atomic E-state index is 9.57. The largest absolute Gasteiger partial charge is 0.508 e. The number of aromatic nitrogens is 3. The summed E-state index contributed by atoms with van der Waals surface area (Å²) in [6, 6.07) is 7.19. The predicted molar refractivity (Wildman–Crippen MR) is 65.3 cm³/mol. The number of nitrogens with zero attached hydrogens (tertiary/aromatic N) is 3. The normalized spacial score (nSPS) is 10.9. The number of fused-ring (bicyclic) bond motifs is 1. The molecule has 0 aliphatic carbocycles. The molecule has 0 amide bonds. The van der Waals surface area contributed by atoms with E-state index in [1.807, 2.05) is 29.8 Å². The van der Waals surface area contributed by atoms with E-state index in [0.29, 0.717) is 0 Å². The van der Waals surface area contributed by atoms with Gasteiger partial charge in [0.15, 0.2) is 0 Å². The summed E-state index contributed by atoms with van der Waals surface area (Å²) in [5, 5.41) is 11.5. The average Bonchev–Trinajstić information content (AvgIpc) is 2.74. The number of hydrogen-bond donors (Lipinski definition) is 1. The molecule has 4 nitrogen and oxygen atoms in total. The summed E-state index contributed by atoms with van der Waals surface area (Å²) in [6.07, 6.45) is 5.36. The summed E-state index contributed by atoms with van der Waals surface area (Å²) >= 11 is 0. The van der Waals surface area contributed by atoms with Gasteiger partial charge in [0.1, 0.15) is 17.4 Å². The van der Waals surface area contributed by atoms with Crippen LogP contribution in [0.2, 0.25) is 0 Å². The second kappa shape index (κ2) is 3.59. The predicted octanol–water partition coefficient (Wildman–Crippen LogP) is 2.43. The number of hydrogen-bond acceptors (Lipinski definition) is 3. The Morgan fingerprint density at radius 3 is 2.76 bits per heavy atom. The fourth-order valence-corrected chi connectivity index (χ4v) is 1.93. The maximum atomic E-state index is 9.57. The van der Waals surface area contributed by atoms with Crippen molar-refractivity contribution < 1.29 is 5.11 Å². The van der Waals surface area contributed by atoms with E-state index in [9.17, 15) is 5.11 Å². The minimum Gasteiger partial charge on any atom is -0.508 e. The Bertz CT molecular complexity index is 688. The van der Waals surface area contributed by atoms with Gasteiger partial charge in [-0.05, 0) is 30.5 Å². The van der Waals surface area contributed by atoms with Crippen LogP contribution in [0.15, 0.2) is 42.9 Å². The molecule has 0 saturated carbocycles. The van der Waals surface area contributed by atoms with Gasteiger partial charge in [-0.25, -0.2) is 9.97 Å². The molecule has 0 spiro atoms. The Labute approximate surface area is 98.2 Å². The fourth-order valence-electron chi connectivity index (χ4n) is 1.93. The molecule has 0 bridgehead atoms. The van der Waals surface area contributed by atoms with Crippen molar-refractivity contribution in [1.29, 1.82) is 0 Å². The Morgan fingerprint density at radius 1 is 1.12 bits per heavy atom. The first-order chi connectivity index (χ1) is 8.25. The summed E-state index contributed by atoms with van der Waals surface area (Å²) < 4.78 is 1.90. The first kappa shape index (κ1) is 9.84. The third-order valence-electron chi connectivity index (χ3n) is 2.78. The Balaban J connectivity index is 2.37. The summed E-state index contributed by atoms with van der Waals surface area (Å²) in [6.45, 7) is 1.92. The zero-order valence-corrected chi connectivity index (χ0v) is 9.33. The topological polar surface area (TPSA) is 50.9 Å². The molecular formula is C13H11N3O. The van der Waals surface area contributed by atoms with Gasteiger partial charge in [0.2, 0.25) is 0 Å². The molecule has 3 rings (SSSR count). The molecule has 0 aliphatic rings. The van der Waals surface area contributed by atoms with Gasteiger partial charge >= 0.3 is 0 Å². The molecule has 84 valence electrons. The van der Waals surface area contributed by atoms with E-state index in [2.05, 4.69) is 9.97 Å². The van der Waals surface area contributed by atoms with Crippen molar-refractivity contribution in [3.05, 3.63) is 48.7 Å². The van der Waals surface area contributed by atoms with Crippen molar-refractivity contribution in [2.75, 3.05) is 0 Å². The zero-order valence-electron chi connectivity index (χ0n) is 9.33. The van der Waals surface area contributed by atoms with Gasteiger partial charge in [0, 0.05) is 24.0 Å². The zero-order chi connectivity index (χ0) is 11.8. The lowest BCUT2D eigenvalue weighted by molar-refractivity contribution is 0.476. The van der Waals surface area contributed by atoms with E-state index < -0.39 is 0 Å². The van der Waals surface area contributed by atoms with Gasteiger partial charge in [-0.15, -0.1) is 0 Å². The van der Waals surface area contributed by atoms with Crippen LogP contribution in [0.5, 0.6) is 5.75 Å². The van der Waals surface area contributed by atoms with Crippen LogP contribution in [0.25, 0.3) is 16.6 Å². The molecule has 0 radical (unpaired) electrons. The molecule has 17 heavy (non-hydrogen) atoms. The number of rotatable bonds is 1. The number of benzene rings is 1. The van der Waals surface area contributed by atoms with Gasteiger partial charge in [-0.2, -0.15) is 0 Å². The smallest absolute Gasteiger partial charge is 0.146 e. The van der Waals surface area contributed by atoms with Crippen LogP contribution in [-0.2, 0) is 0 Å². The van der Waals surface area contributed by atoms with Crippen LogP contribution < -0.4 is 0 Å². The summed E-state index contributed by atoms with van der Waals surface area (Å²) in [7, 11) is 0. The Hall–Kier alpha value is -2.36. The van der Waals surface area contributed by atoms with E-state index in [1.54, 1.807) is 24.5 Å². The standard InChI is InChI=1S/C13H11N3O/c1-9-14-6-7-16(9)13-12-8-11(17)3-2-10(12)4-5-15-13/h2-8,17H,1H3. The molecule has 4 heteroatoms. The van der Waals surface area contributed by atoms with Crippen molar-refractivity contribution in [3.63, 3.8) is 0 Å². The van der Waals surface area contributed by atoms with E-state index in [-0.39, 0.29) is 5.75 Å². The highest BCUT2D eigenvalue weighted by Crippen LogP contribution is 2.24. The number of aryl methyl sites for hydroxylation is 1. The minimum absolute atomic E-state index is 0.240. The van der Waals surface area contributed by atoms with E-state index in [4.69, 9.17) is 0 Å². The van der Waals surface area contributed by atoms with E-state index in [1.165, 1.54) is 0 Å². The first-order valence-corrected chi connectivity index (χ1v) is 5.34. The van der Waals surface area contributed by atoms with Gasteiger partial charge in [-0.3, -0.25) is 4.57 Å². The van der Waals surface area contributed by atoms with Gasteiger partial charge in [0.25, 0.3) is 0 Å². The van der Waals surface area contributed by atoms with Crippen LogP contribution >= 0.6 is 0 Å². The van der Waals surface area contributed by atoms with E-state index >= 15 is 0 Å². The van der Waals surface area contributed by atoms with Gasteiger partial charge < -0.3 is 5.11 Å². The SMILES string of the molecule is Cc1nccn1-c1nccc2ccc(O)cc12. The van der Waals surface area contributed by atoms with Crippen molar-refractivity contribution in [2.45, 2.75) is 6.92 Å². The highest BCUT2D eigenvalue weighted by atomic mass is 16.3. The number of pyridine rings is 1. The third kappa shape index (κ3) is 1.54. The molecular weight excluding hydrogens is 214 g/mol. The molecule has 0 fully saturated rings. The number of phenols is 1. The number of aromatic hydroxyl groups is 1. The lowest BCUT2D eigenvalue weighted by Crippen LogP contribution is -1.99. The van der Waals surface area contributed by atoms with Crippen molar-refractivity contribution >= 4 is 10.8 Å². The first-order valence-electron chi connectivity index (χ1n) is 5.34. The molecule has 1 aromatic carbocycles. The minimum atomic E-state index is 0.240. The quantitative estimate of drug-likeness (QED) is 0.692. The van der Waals surface area contributed by atoms with Crippen LogP contribution in [0.4, 0.5) is 0 Å². The molecule has 0 unspecified atom stereocenters. The van der Waals surface area contributed by atoms with Crippen molar-refractivity contribution in [3.8, 4) is 11.6 Å². The second-order valence-electron chi connectivity index (χ2n) is 3.88. The average molecular weight is 225 g/mol. The second-order valence-corrected chi connectivity index (χ2v) is 3.88. The molecule has 3 aromatic rings. The van der Waals surface area contributed by atoms with Crippen LogP contribution in [0, 0.1) is 6.92 Å². The van der Waals surface area contributed by atoms with Crippen LogP contribution in [0.3, 0.4) is 0 Å². The molecule has 2 aromatic heterocycles. The number of phenolic OH excluding ortho intramolecular Hbond substituents is 1. The Morgan fingerprint density at radius 2 is 2.00 bits per heavy atom. The molecule has 0 atom stereocenters. The highest BCUT2D eigenvalue weighted by molar-refractivity contribution is 5.89. The molecule has 0 aliphatic heterocycles. The monoisotopic (exact) mass is 225 g/mol. The molecule has 0 saturated heterocycles. The van der Waals surface area contributed by atoms with Gasteiger partial charge in [0.05, 0.1) is 0 Å². The molecule has 2 heterocycles. The van der Waals surface area contributed by atoms with Crippen molar-refractivity contribution in [2.24, 2.45) is 0 Å². The highest BCUT2D eigenvalue weighted by Gasteiger charge is 2.07. The Kier molecular flexibility index (Phi) is 2.08. The van der Waals surface area contributed by atoms with Crippen LogP contribution in [-0.4, -0.2) is 19.6 Å². The van der Waals surface area contributed by atoms with Gasteiger partial charge in [-0.1, -0.05) is 6.07 Å². The lowest BCUT2D eigenvalue weighted by Gasteiger charge is -2.08. The fraction of sp³-hybridized carbons (Fsp3) is 0.0769. The molecule has 1 N–H and O–H groups in total. The van der Waals surface area contributed by atoms with Crippen molar-refractivity contribution in [1.82, 2.24) is 14.5 Å². The van der Waals surface area contributed by atoms with E-state index in [0.717, 1.165) is 22.4 Å². The summed E-state index contributed by atoms with van der Waals surface area (Å²) in [5.74, 6) is 1.89. The maximum Gasteiger partial charge on any atom is 0.146 e. The summed E-state index contributed by atoms with van der Waals surface area (Å²) in [5.41, 5.74) is 0.